The molecule has 0 aliphatic rings. The SMILES string of the molecule is NC(I)(I)C(I)(I)C(I)(I)C(I)(I)C(I)(I)I. The normalized spacial score (nSPS) is 16.2. The monoisotopic (exact) mass is 1470 g/mol. The zero-order valence-corrected chi connectivity index (χ0v) is 31.0. The van der Waals surface area contributed by atoms with E-state index in [2.05, 4.69) is 248 Å². The summed E-state index contributed by atoms with van der Waals surface area (Å²) in [5, 5.41) is 0. The van der Waals surface area contributed by atoms with E-state index in [-0.39, 0.29) is 5.27 Å². The standard InChI is InChI=1S/C5H2I11N/c6-1(7,2(8,9)4(12,13)14)3(10,11)5(15,16)17/h17H2. The van der Waals surface area contributed by atoms with Crippen molar-refractivity contribution in [2.75, 3.05) is 0 Å². The van der Waals surface area contributed by atoms with Crippen LogP contribution in [0.25, 0.3) is 0 Å². The number of hydrogen-bond acceptors (Lipinski definition) is 1. The van der Waals surface area contributed by atoms with Gasteiger partial charge >= 0.3 is 0 Å². The van der Waals surface area contributed by atoms with E-state index in [1.165, 1.54) is 0 Å². The van der Waals surface area contributed by atoms with Crippen LogP contribution in [0.5, 0.6) is 0 Å². The highest BCUT2D eigenvalue weighted by Gasteiger charge is 2.68. The third-order valence-electron chi connectivity index (χ3n) is 1.56. The van der Waals surface area contributed by atoms with Crippen LogP contribution in [-0.2, 0) is 0 Å². The molecule has 0 saturated heterocycles. The summed E-state index contributed by atoms with van der Waals surface area (Å²) < 4.78 is -0.278. The number of alkyl halides is 11. The first-order valence-electron chi connectivity index (χ1n) is 3.37. The van der Waals surface area contributed by atoms with Crippen LogP contribution in [0, 0.1) is 0 Å². The molecule has 0 spiro atoms. The molecule has 1 nitrogen and oxygen atoms in total. The van der Waals surface area contributed by atoms with Gasteiger partial charge in [0.2, 0.25) is 0 Å². The second-order valence-electron chi connectivity index (χ2n) is 2.84. The minimum absolute atomic E-state index is 0.0154. The fourth-order valence-corrected chi connectivity index (χ4v) is 13.1. The van der Waals surface area contributed by atoms with Gasteiger partial charge in [-0.1, -0.05) is 203 Å². The maximum absolute atomic E-state index is 6.37. The highest BCUT2D eigenvalue weighted by molar-refractivity contribution is 14.3. The van der Waals surface area contributed by atoms with E-state index < -0.39 is 0 Å². The number of rotatable bonds is 4. The lowest BCUT2D eigenvalue weighted by atomic mass is 10.2. The van der Waals surface area contributed by atoms with Crippen LogP contribution in [0.1, 0.15) is 0 Å². The zero-order valence-electron chi connectivity index (χ0n) is 7.23. The fourth-order valence-electron chi connectivity index (χ4n) is 0.584. The van der Waals surface area contributed by atoms with Crippen LogP contribution >= 0.6 is 248 Å². The predicted octanol–water partition coefficient (Wildman–Crippen LogP) is 8.13. The molecule has 0 amide bonds. The van der Waals surface area contributed by atoms with Gasteiger partial charge in [0.15, 0.2) is 0 Å². The van der Waals surface area contributed by atoms with E-state index in [9.17, 15) is 0 Å². The zero-order chi connectivity index (χ0) is 14.5. The summed E-state index contributed by atoms with van der Waals surface area (Å²) in [4.78, 5) is 0. The summed E-state index contributed by atoms with van der Waals surface area (Å²) in [7, 11) is 0. The Labute approximate surface area is 251 Å². The molecule has 17 heavy (non-hydrogen) atoms. The van der Waals surface area contributed by atoms with Crippen LogP contribution in [0.4, 0.5) is 0 Å². The van der Waals surface area contributed by atoms with Gasteiger partial charge in [0.25, 0.3) is 0 Å². The average Bonchev–Trinajstić information content (AvgIpc) is 1.98. The lowest BCUT2D eigenvalue weighted by molar-refractivity contribution is 0.754. The van der Waals surface area contributed by atoms with Crippen molar-refractivity contribution in [2.45, 2.75) is 5.27 Å². The molecule has 0 aromatic rings. The molecule has 0 bridgehead atoms. The molecular formula is C5H2I11N. The molecule has 0 heterocycles. The van der Waals surface area contributed by atoms with E-state index in [1.807, 2.05) is 0 Å². The van der Waals surface area contributed by atoms with Crippen molar-refractivity contribution in [2.24, 2.45) is 5.73 Å². The van der Waals surface area contributed by atoms with Gasteiger partial charge in [-0.2, -0.15) is 0 Å². The van der Waals surface area contributed by atoms with Gasteiger partial charge < -0.3 is 5.73 Å². The Bertz CT molecular complexity index is 255. The van der Waals surface area contributed by atoms with Gasteiger partial charge in [-0.15, -0.1) is 0 Å². The lowest BCUT2D eigenvalue weighted by Crippen LogP contribution is -2.61. The fraction of sp³-hybridized carbons (Fsp3) is 1.00. The van der Waals surface area contributed by atoms with E-state index in [0.29, 0.717) is 0 Å². The first kappa shape index (κ1) is 25.0. The van der Waals surface area contributed by atoms with Gasteiger partial charge in [-0.05, 0) is 45.2 Å². The van der Waals surface area contributed by atoms with Crippen molar-refractivity contribution < 1.29 is 0 Å². The van der Waals surface area contributed by atoms with Gasteiger partial charge in [0.05, 0.1) is 0 Å². The largest absolute Gasteiger partial charge is 0.307 e. The third-order valence-corrected chi connectivity index (χ3v) is 34.0. The number of hydrogen-bond donors (Lipinski definition) is 1. The lowest BCUT2D eigenvalue weighted by Gasteiger charge is -2.50. The molecule has 104 valence electrons. The van der Waals surface area contributed by atoms with Crippen LogP contribution in [-0.4, -0.2) is 5.27 Å². The molecule has 2 N–H and O–H groups in total. The molecule has 0 aliphatic heterocycles. The molecule has 0 fully saturated rings. The molecule has 0 radical (unpaired) electrons. The Morgan fingerprint density at radius 2 is 0.765 bits per heavy atom. The van der Waals surface area contributed by atoms with Gasteiger partial charge in [0, 0.05) is 0 Å². The minimum atomic E-state index is -0.317. The number of nitrogens with two attached hydrogens (primary N) is 1. The Kier molecular flexibility index (Phi) is 12.9. The summed E-state index contributed by atoms with van der Waals surface area (Å²) in [6.07, 6.45) is 0. The van der Waals surface area contributed by atoms with Crippen LogP contribution in [0.15, 0.2) is 0 Å². The third kappa shape index (κ3) is 5.99. The molecule has 0 unspecified atom stereocenters. The summed E-state index contributed by atoms with van der Waals surface area (Å²) in [5.41, 5.74) is 6.37. The quantitative estimate of drug-likeness (QED) is 0.172. The summed E-state index contributed by atoms with van der Waals surface area (Å²) >= 11 is 27.5. The molecule has 0 saturated carbocycles. The summed E-state index contributed by atoms with van der Waals surface area (Å²) in [6, 6.07) is 0. The van der Waals surface area contributed by atoms with Crippen LogP contribution in [0.3, 0.4) is 0 Å². The average molecular weight is 1470 g/mol. The van der Waals surface area contributed by atoms with Crippen molar-refractivity contribution in [1.29, 1.82) is 0 Å². The van der Waals surface area contributed by atoms with Crippen molar-refractivity contribution in [3.8, 4) is 0 Å². The maximum atomic E-state index is 6.37. The number of halogens is 11. The van der Waals surface area contributed by atoms with Gasteiger partial charge in [0.1, 0.15) is 5.27 Å². The van der Waals surface area contributed by atoms with Crippen molar-refractivity contribution in [1.82, 2.24) is 0 Å². The second kappa shape index (κ2) is 8.79. The Morgan fingerprint density at radius 1 is 0.471 bits per heavy atom. The highest BCUT2D eigenvalue weighted by atomic mass is 127. The molecule has 0 aromatic heterocycles. The van der Waals surface area contributed by atoms with Gasteiger partial charge in [-0.3, -0.25) is 0 Å². The maximum Gasteiger partial charge on any atom is 0.149 e. The minimum Gasteiger partial charge on any atom is -0.307 e. The second-order valence-corrected chi connectivity index (χ2v) is 35.3. The first-order valence-corrected chi connectivity index (χ1v) is 15.2. The van der Waals surface area contributed by atoms with E-state index >= 15 is 0 Å². The van der Waals surface area contributed by atoms with Crippen LogP contribution in [0.2, 0.25) is 0 Å². The molecule has 0 aliphatic carbocycles. The molecular weight excluding hydrogens is 1470 g/mol. The van der Waals surface area contributed by atoms with Crippen LogP contribution < -0.4 is 5.73 Å². The van der Waals surface area contributed by atoms with Crippen molar-refractivity contribution in [3.05, 3.63) is 0 Å². The topological polar surface area (TPSA) is 26.0 Å². The van der Waals surface area contributed by atoms with E-state index in [4.69, 9.17) is 5.73 Å². The first-order chi connectivity index (χ1) is 7.00. The highest BCUT2D eigenvalue weighted by Crippen LogP contribution is 2.72. The summed E-state index contributed by atoms with van der Waals surface area (Å²) in [5.74, 6) is 0. The van der Waals surface area contributed by atoms with Gasteiger partial charge in [-0.25, -0.2) is 0 Å². The Hall–Kier alpha value is 7.99. The molecule has 0 atom stereocenters. The van der Waals surface area contributed by atoms with Crippen molar-refractivity contribution >= 4 is 248 Å². The predicted molar refractivity (Wildman–Crippen MR) is 172 cm³/mol. The molecule has 12 heteroatoms. The Balaban J connectivity index is 5.73. The van der Waals surface area contributed by atoms with Crippen molar-refractivity contribution in [3.63, 3.8) is 0 Å². The summed E-state index contributed by atoms with van der Waals surface area (Å²) in [6.45, 7) is 0. The smallest absolute Gasteiger partial charge is 0.149 e. The Morgan fingerprint density at radius 3 is 0.941 bits per heavy atom. The molecule has 0 rings (SSSR count). The molecule has 0 aromatic carbocycles. The van der Waals surface area contributed by atoms with E-state index in [0.717, 1.165) is 0 Å². The van der Waals surface area contributed by atoms with E-state index in [1.54, 1.807) is 0 Å².